The topological polar surface area (TPSA) is 46.6 Å². The zero-order valence-corrected chi connectivity index (χ0v) is 13.2. The summed E-state index contributed by atoms with van der Waals surface area (Å²) < 4.78 is 4.77. The first kappa shape index (κ1) is 17.3. The molecule has 1 fully saturated rings. The summed E-state index contributed by atoms with van der Waals surface area (Å²) in [6, 6.07) is 0.601. The van der Waals surface area contributed by atoms with Crippen LogP contribution in [-0.2, 0) is 14.3 Å². The summed E-state index contributed by atoms with van der Waals surface area (Å²) >= 11 is 0. The van der Waals surface area contributed by atoms with Gasteiger partial charge in [0.2, 0.25) is 0 Å². The van der Waals surface area contributed by atoms with Gasteiger partial charge in [-0.1, -0.05) is 12.0 Å². The molecule has 1 heterocycles. The SMILES string of the molecule is CCOC(=O)/C=C/CCCC#CC(=O)N1[C@H](C)CC[C@H]1C. The van der Waals surface area contributed by atoms with Crippen molar-refractivity contribution in [1.29, 1.82) is 0 Å². The van der Waals surface area contributed by atoms with E-state index in [1.165, 1.54) is 6.08 Å². The van der Waals surface area contributed by atoms with Gasteiger partial charge in [0.15, 0.2) is 0 Å². The van der Waals surface area contributed by atoms with Gasteiger partial charge in [-0.3, -0.25) is 4.79 Å². The van der Waals surface area contributed by atoms with E-state index in [2.05, 4.69) is 25.7 Å². The zero-order chi connectivity index (χ0) is 15.7. The number of hydrogen-bond donors (Lipinski definition) is 0. The van der Waals surface area contributed by atoms with E-state index >= 15 is 0 Å². The molecule has 0 aliphatic carbocycles. The summed E-state index contributed by atoms with van der Waals surface area (Å²) in [5, 5.41) is 0. The highest BCUT2D eigenvalue weighted by molar-refractivity contribution is 5.94. The van der Waals surface area contributed by atoms with Crippen LogP contribution in [0.2, 0.25) is 0 Å². The number of likely N-dealkylation sites (tertiary alicyclic amines) is 1. The molecule has 1 aliphatic rings. The van der Waals surface area contributed by atoms with Crippen molar-refractivity contribution in [1.82, 2.24) is 4.90 Å². The van der Waals surface area contributed by atoms with E-state index < -0.39 is 0 Å². The Balaban J connectivity index is 2.24. The van der Waals surface area contributed by atoms with Gasteiger partial charge < -0.3 is 9.64 Å². The first-order valence-electron chi connectivity index (χ1n) is 7.70. The maximum atomic E-state index is 12.0. The molecule has 1 rings (SSSR count). The van der Waals surface area contributed by atoms with Gasteiger partial charge in [0, 0.05) is 24.6 Å². The lowest BCUT2D eigenvalue weighted by atomic mass is 10.2. The summed E-state index contributed by atoms with van der Waals surface area (Å²) in [5.74, 6) is 5.28. The van der Waals surface area contributed by atoms with Crippen molar-refractivity contribution in [2.24, 2.45) is 0 Å². The Kier molecular flexibility index (Phi) is 7.60. The number of hydrogen-bond acceptors (Lipinski definition) is 3. The van der Waals surface area contributed by atoms with Crippen molar-refractivity contribution < 1.29 is 14.3 Å². The minimum Gasteiger partial charge on any atom is -0.463 e. The van der Waals surface area contributed by atoms with E-state index in [0.717, 1.165) is 25.7 Å². The van der Waals surface area contributed by atoms with E-state index in [-0.39, 0.29) is 11.9 Å². The molecule has 1 aliphatic heterocycles. The molecular formula is C17H25NO3. The zero-order valence-electron chi connectivity index (χ0n) is 13.2. The van der Waals surface area contributed by atoms with Crippen molar-refractivity contribution >= 4 is 11.9 Å². The highest BCUT2D eigenvalue weighted by atomic mass is 16.5. The number of rotatable bonds is 5. The predicted molar refractivity (Wildman–Crippen MR) is 82.4 cm³/mol. The second-order valence-corrected chi connectivity index (χ2v) is 5.34. The third-order valence-electron chi connectivity index (χ3n) is 3.59. The quantitative estimate of drug-likeness (QED) is 0.338. The molecule has 0 aromatic rings. The molecule has 0 saturated carbocycles. The molecule has 0 unspecified atom stereocenters. The fourth-order valence-corrected chi connectivity index (χ4v) is 2.48. The summed E-state index contributed by atoms with van der Waals surface area (Å²) in [4.78, 5) is 24.9. The average molecular weight is 291 g/mol. The molecule has 4 nitrogen and oxygen atoms in total. The van der Waals surface area contributed by atoms with Gasteiger partial charge in [-0.15, -0.1) is 0 Å². The number of nitrogens with zero attached hydrogens (tertiary/aromatic N) is 1. The number of esters is 1. The Hall–Kier alpha value is -1.76. The highest BCUT2D eigenvalue weighted by Crippen LogP contribution is 2.22. The fourth-order valence-electron chi connectivity index (χ4n) is 2.48. The maximum Gasteiger partial charge on any atom is 0.330 e. The van der Waals surface area contributed by atoms with Gasteiger partial charge in [0.25, 0.3) is 5.91 Å². The van der Waals surface area contributed by atoms with Crippen LogP contribution in [0.3, 0.4) is 0 Å². The van der Waals surface area contributed by atoms with Crippen molar-refractivity contribution in [2.75, 3.05) is 6.61 Å². The number of amides is 1. The molecule has 0 spiro atoms. The average Bonchev–Trinajstić information content (AvgIpc) is 2.77. The molecule has 0 radical (unpaired) electrons. The summed E-state index contributed by atoms with van der Waals surface area (Å²) in [6.45, 7) is 6.32. The van der Waals surface area contributed by atoms with Crippen LogP contribution in [0.5, 0.6) is 0 Å². The number of ether oxygens (including phenoxy) is 1. The van der Waals surface area contributed by atoms with Gasteiger partial charge in [-0.05, 0) is 52.4 Å². The van der Waals surface area contributed by atoms with Crippen LogP contribution in [0.25, 0.3) is 0 Å². The highest BCUT2D eigenvalue weighted by Gasteiger charge is 2.30. The standard InChI is InChI=1S/C17H25NO3/c1-4-21-17(20)11-9-7-5-6-8-10-16(19)18-14(2)12-13-15(18)3/h9,11,14-15H,4-7,12-13H2,1-3H3/b11-9+/t14-,15-/m1/s1. The molecular weight excluding hydrogens is 266 g/mol. The van der Waals surface area contributed by atoms with Crippen molar-refractivity contribution in [3.8, 4) is 11.8 Å². The number of carbonyl (C=O) groups excluding carboxylic acids is 2. The molecule has 0 N–H and O–H groups in total. The molecule has 21 heavy (non-hydrogen) atoms. The first-order chi connectivity index (χ1) is 10.1. The molecule has 2 atom stereocenters. The summed E-state index contributed by atoms with van der Waals surface area (Å²) in [6.07, 6.45) is 7.61. The summed E-state index contributed by atoms with van der Waals surface area (Å²) in [7, 11) is 0. The Morgan fingerprint density at radius 3 is 2.57 bits per heavy atom. The van der Waals surface area contributed by atoms with Crippen molar-refractivity contribution in [2.45, 2.75) is 65.0 Å². The molecule has 0 bridgehead atoms. The molecule has 4 heteroatoms. The molecule has 1 saturated heterocycles. The number of unbranched alkanes of at least 4 members (excludes halogenated alkanes) is 2. The van der Waals surface area contributed by atoms with Gasteiger partial charge >= 0.3 is 5.97 Å². The van der Waals surface area contributed by atoms with E-state index in [1.807, 2.05) is 4.90 Å². The maximum absolute atomic E-state index is 12.0. The van der Waals surface area contributed by atoms with E-state index in [9.17, 15) is 9.59 Å². The summed E-state index contributed by atoms with van der Waals surface area (Å²) in [5.41, 5.74) is 0. The van der Waals surface area contributed by atoms with E-state index in [0.29, 0.717) is 25.1 Å². The normalized spacial score (nSPS) is 21.2. The third kappa shape index (κ3) is 6.03. The Morgan fingerprint density at radius 2 is 1.95 bits per heavy atom. The smallest absolute Gasteiger partial charge is 0.330 e. The molecule has 0 aromatic heterocycles. The Bertz CT molecular complexity index is 435. The molecule has 116 valence electrons. The van der Waals surface area contributed by atoms with Crippen LogP contribution in [0, 0.1) is 11.8 Å². The van der Waals surface area contributed by atoms with Gasteiger partial charge in [-0.2, -0.15) is 0 Å². The van der Waals surface area contributed by atoms with Crippen LogP contribution >= 0.6 is 0 Å². The van der Waals surface area contributed by atoms with Gasteiger partial charge in [-0.25, -0.2) is 4.79 Å². The van der Waals surface area contributed by atoms with Crippen LogP contribution in [-0.4, -0.2) is 35.5 Å². The van der Waals surface area contributed by atoms with Crippen molar-refractivity contribution in [3.05, 3.63) is 12.2 Å². The Morgan fingerprint density at radius 1 is 1.29 bits per heavy atom. The Labute approximate surface area is 127 Å². The lowest BCUT2D eigenvalue weighted by Gasteiger charge is -2.23. The third-order valence-corrected chi connectivity index (χ3v) is 3.59. The van der Waals surface area contributed by atoms with E-state index in [1.54, 1.807) is 13.0 Å². The second-order valence-electron chi connectivity index (χ2n) is 5.34. The van der Waals surface area contributed by atoms with Crippen LogP contribution < -0.4 is 0 Å². The lowest BCUT2D eigenvalue weighted by molar-refractivity contribution is -0.137. The van der Waals surface area contributed by atoms with Crippen LogP contribution in [0.1, 0.15) is 52.9 Å². The lowest BCUT2D eigenvalue weighted by Crippen LogP contribution is -2.37. The predicted octanol–water partition coefficient (Wildman–Crippen LogP) is 2.68. The van der Waals surface area contributed by atoms with Crippen molar-refractivity contribution in [3.63, 3.8) is 0 Å². The first-order valence-corrected chi connectivity index (χ1v) is 7.70. The second kappa shape index (κ2) is 9.23. The molecule has 1 amide bonds. The van der Waals surface area contributed by atoms with Gasteiger partial charge in [0.1, 0.15) is 0 Å². The van der Waals surface area contributed by atoms with Crippen LogP contribution in [0.15, 0.2) is 12.2 Å². The van der Waals surface area contributed by atoms with Crippen LogP contribution in [0.4, 0.5) is 0 Å². The van der Waals surface area contributed by atoms with E-state index in [4.69, 9.17) is 4.74 Å². The molecule has 0 aromatic carbocycles. The fraction of sp³-hybridized carbons (Fsp3) is 0.647. The minimum absolute atomic E-state index is 0.0606. The largest absolute Gasteiger partial charge is 0.463 e. The minimum atomic E-state index is -0.309. The number of carbonyl (C=O) groups is 2. The number of allylic oxidation sites excluding steroid dienone is 1. The monoisotopic (exact) mass is 291 g/mol. The van der Waals surface area contributed by atoms with Gasteiger partial charge in [0.05, 0.1) is 6.61 Å².